The number of benzene rings is 2. The molecule has 4 heterocycles. The van der Waals surface area contributed by atoms with Crippen LogP contribution in [-0.2, 0) is 0 Å². The van der Waals surface area contributed by atoms with Crippen LogP contribution in [0.5, 0.6) is 0 Å². The number of aliphatic hydroxyl groups excluding tert-OH is 1. The van der Waals surface area contributed by atoms with E-state index in [0.717, 1.165) is 73.2 Å². The second-order valence-corrected chi connectivity index (χ2v) is 8.64. The number of nitrogens with one attached hydrogen (secondary N) is 2. The van der Waals surface area contributed by atoms with Gasteiger partial charge in [0.1, 0.15) is 11.8 Å². The lowest BCUT2D eigenvalue weighted by Crippen LogP contribution is -2.43. The van der Waals surface area contributed by atoms with Crippen molar-refractivity contribution >= 4 is 33.4 Å². The van der Waals surface area contributed by atoms with Crippen LogP contribution in [0.1, 0.15) is 24.5 Å². The van der Waals surface area contributed by atoms with Crippen molar-refractivity contribution < 1.29 is 5.11 Å². The van der Waals surface area contributed by atoms with E-state index in [1.54, 1.807) is 12.7 Å². The maximum Gasteiger partial charge on any atom is 0.182 e. The molecular formula is C24H27N7O. The van der Waals surface area contributed by atoms with Gasteiger partial charge in [-0.1, -0.05) is 24.3 Å². The van der Waals surface area contributed by atoms with Gasteiger partial charge >= 0.3 is 0 Å². The van der Waals surface area contributed by atoms with Crippen molar-refractivity contribution in [2.45, 2.75) is 25.0 Å². The summed E-state index contributed by atoms with van der Waals surface area (Å²) >= 11 is 0. The van der Waals surface area contributed by atoms with Gasteiger partial charge in [-0.3, -0.25) is 0 Å². The zero-order valence-electron chi connectivity index (χ0n) is 17.9. The fraction of sp³-hybridized carbons (Fsp3) is 0.375. The molecule has 3 N–H and O–H groups in total. The lowest BCUT2D eigenvalue weighted by atomic mass is 9.94. The Kier molecular flexibility index (Phi) is 4.88. The van der Waals surface area contributed by atoms with Crippen LogP contribution in [0.2, 0.25) is 0 Å². The van der Waals surface area contributed by atoms with Crippen molar-refractivity contribution in [1.29, 1.82) is 0 Å². The van der Waals surface area contributed by atoms with Gasteiger partial charge in [-0.05, 0) is 41.3 Å². The van der Waals surface area contributed by atoms with Crippen LogP contribution in [0.3, 0.4) is 0 Å². The summed E-state index contributed by atoms with van der Waals surface area (Å²) in [6.45, 7) is 4.85. The highest BCUT2D eigenvalue weighted by Gasteiger charge is 2.34. The molecule has 1 unspecified atom stereocenters. The molecule has 2 fully saturated rings. The van der Waals surface area contributed by atoms with Gasteiger partial charge in [0, 0.05) is 38.4 Å². The SMILES string of the molecule is OC(c1cccc2ccc(N3CCNCC3)cc12)[C@H]1CCCN1c1ncnc2nc[nH]c12. The molecule has 2 aromatic carbocycles. The van der Waals surface area contributed by atoms with Crippen molar-refractivity contribution in [1.82, 2.24) is 25.3 Å². The monoisotopic (exact) mass is 429 g/mol. The number of nitrogens with zero attached hydrogens (tertiary/aromatic N) is 5. The van der Waals surface area contributed by atoms with Gasteiger partial charge in [-0.25, -0.2) is 15.0 Å². The first-order chi connectivity index (χ1) is 15.8. The third-order valence-corrected chi connectivity index (χ3v) is 6.84. The van der Waals surface area contributed by atoms with Crippen molar-refractivity contribution in [3.05, 3.63) is 54.6 Å². The first-order valence-electron chi connectivity index (χ1n) is 11.4. The topological polar surface area (TPSA) is 93.2 Å². The summed E-state index contributed by atoms with van der Waals surface area (Å²) in [6.07, 6.45) is 4.50. The second kappa shape index (κ2) is 8.03. The number of H-pyrrole nitrogens is 1. The molecule has 0 aliphatic carbocycles. The summed E-state index contributed by atoms with van der Waals surface area (Å²) in [5.41, 5.74) is 3.68. The molecule has 8 heteroatoms. The Morgan fingerprint density at radius 1 is 1.03 bits per heavy atom. The zero-order chi connectivity index (χ0) is 21.5. The number of aromatic nitrogens is 4. The molecule has 0 spiro atoms. The van der Waals surface area contributed by atoms with Gasteiger partial charge in [0.25, 0.3) is 0 Å². The van der Waals surface area contributed by atoms with E-state index in [0.29, 0.717) is 5.65 Å². The predicted octanol–water partition coefficient (Wildman–Crippen LogP) is 2.62. The van der Waals surface area contributed by atoms with Crippen molar-refractivity contribution in [2.75, 3.05) is 42.5 Å². The van der Waals surface area contributed by atoms with Crippen LogP contribution in [-0.4, -0.2) is 63.8 Å². The molecule has 0 bridgehead atoms. The van der Waals surface area contributed by atoms with Crippen molar-refractivity contribution in [3.8, 4) is 0 Å². The zero-order valence-corrected chi connectivity index (χ0v) is 17.9. The van der Waals surface area contributed by atoms with Crippen LogP contribution < -0.4 is 15.1 Å². The fourth-order valence-electron chi connectivity index (χ4n) is 5.22. The minimum atomic E-state index is -0.618. The van der Waals surface area contributed by atoms with Crippen LogP contribution in [0, 0.1) is 0 Å². The van der Waals surface area contributed by atoms with Crippen LogP contribution >= 0.6 is 0 Å². The summed E-state index contributed by atoms with van der Waals surface area (Å²) < 4.78 is 0. The van der Waals surface area contributed by atoms with Crippen LogP contribution in [0.25, 0.3) is 21.9 Å². The maximum atomic E-state index is 11.6. The number of fused-ring (bicyclic) bond motifs is 2. The molecule has 32 heavy (non-hydrogen) atoms. The van der Waals surface area contributed by atoms with Crippen LogP contribution in [0.15, 0.2) is 49.1 Å². The number of imidazole rings is 1. The Balaban J connectivity index is 1.38. The molecule has 164 valence electrons. The van der Waals surface area contributed by atoms with Gasteiger partial charge in [0.2, 0.25) is 0 Å². The van der Waals surface area contributed by atoms with Crippen LogP contribution in [0.4, 0.5) is 11.5 Å². The van der Waals surface area contributed by atoms with Gasteiger partial charge in [-0.15, -0.1) is 0 Å². The van der Waals surface area contributed by atoms with Crippen molar-refractivity contribution in [3.63, 3.8) is 0 Å². The Morgan fingerprint density at radius 3 is 2.84 bits per heavy atom. The van der Waals surface area contributed by atoms with E-state index in [2.05, 4.69) is 65.4 Å². The fourth-order valence-corrected chi connectivity index (χ4v) is 5.22. The average molecular weight is 430 g/mol. The number of rotatable bonds is 4. The lowest BCUT2D eigenvalue weighted by Gasteiger charge is -2.31. The van der Waals surface area contributed by atoms with Crippen molar-refractivity contribution in [2.24, 2.45) is 0 Å². The highest BCUT2D eigenvalue weighted by molar-refractivity contribution is 5.89. The molecule has 2 aliphatic heterocycles. The van der Waals surface area contributed by atoms with E-state index in [-0.39, 0.29) is 6.04 Å². The minimum Gasteiger partial charge on any atom is -0.386 e. The highest BCUT2D eigenvalue weighted by Crippen LogP contribution is 2.37. The molecule has 2 aromatic heterocycles. The first kappa shape index (κ1) is 19.5. The molecule has 8 nitrogen and oxygen atoms in total. The molecule has 0 saturated carbocycles. The highest BCUT2D eigenvalue weighted by atomic mass is 16.3. The number of hydrogen-bond acceptors (Lipinski definition) is 7. The molecule has 4 aromatic rings. The van der Waals surface area contributed by atoms with E-state index < -0.39 is 6.10 Å². The summed E-state index contributed by atoms with van der Waals surface area (Å²) in [7, 11) is 0. The molecule has 0 amide bonds. The Labute approximate surface area is 186 Å². The Bertz CT molecular complexity index is 1250. The first-order valence-corrected chi connectivity index (χ1v) is 11.4. The van der Waals surface area contributed by atoms with E-state index >= 15 is 0 Å². The van der Waals surface area contributed by atoms with E-state index in [4.69, 9.17) is 0 Å². The number of hydrogen-bond donors (Lipinski definition) is 3. The van der Waals surface area contributed by atoms with Gasteiger partial charge in [0.05, 0.1) is 18.5 Å². The molecule has 2 atom stereocenters. The summed E-state index contributed by atoms with van der Waals surface area (Å²) in [6, 6.07) is 12.8. The average Bonchev–Trinajstić information content (AvgIpc) is 3.53. The summed E-state index contributed by atoms with van der Waals surface area (Å²) in [4.78, 5) is 20.9. The molecule has 2 aliphatic rings. The molecule has 0 radical (unpaired) electrons. The lowest BCUT2D eigenvalue weighted by molar-refractivity contribution is 0.148. The van der Waals surface area contributed by atoms with Gasteiger partial charge < -0.3 is 25.2 Å². The summed E-state index contributed by atoms with van der Waals surface area (Å²) in [5, 5.41) is 17.3. The third-order valence-electron chi connectivity index (χ3n) is 6.84. The smallest absolute Gasteiger partial charge is 0.182 e. The number of piperazine rings is 1. The number of aromatic amines is 1. The van der Waals surface area contributed by atoms with E-state index in [1.807, 2.05) is 6.07 Å². The number of anilines is 2. The quantitative estimate of drug-likeness (QED) is 0.459. The maximum absolute atomic E-state index is 11.6. The van der Waals surface area contributed by atoms with E-state index in [1.165, 1.54) is 5.69 Å². The standard InChI is InChI=1S/C24H27N7O/c32-22(20-5-2-10-31(20)24-21-23(27-14-26-21)28-15-29-24)18-4-1-3-16-6-7-17(13-19(16)18)30-11-8-25-9-12-30/h1,3-4,6-7,13-15,20,22,25,32H,2,5,8-12H2,(H,26,27,28,29)/t20-,22?/m1/s1. The second-order valence-electron chi connectivity index (χ2n) is 8.64. The predicted molar refractivity (Wildman–Crippen MR) is 126 cm³/mol. The van der Waals surface area contributed by atoms with E-state index in [9.17, 15) is 5.11 Å². The third kappa shape index (κ3) is 3.27. The Morgan fingerprint density at radius 2 is 1.94 bits per heavy atom. The van der Waals surface area contributed by atoms with Gasteiger partial charge in [0.15, 0.2) is 11.5 Å². The largest absolute Gasteiger partial charge is 0.386 e. The molecular weight excluding hydrogens is 402 g/mol. The molecule has 6 rings (SSSR count). The Hall–Kier alpha value is -3.23. The summed E-state index contributed by atoms with van der Waals surface area (Å²) in [5.74, 6) is 0.816. The minimum absolute atomic E-state index is 0.0511. The number of aliphatic hydroxyl groups is 1. The van der Waals surface area contributed by atoms with Gasteiger partial charge in [-0.2, -0.15) is 0 Å². The molecule has 2 saturated heterocycles. The normalized spacial score (nSPS) is 20.3.